The molecule has 0 radical (unpaired) electrons. The third kappa shape index (κ3) is 2.45. The van der Waals surface area contributed by atoms with Crippen LogP contribution in [0.5, 0.6) is 0 Å². The summed E-state index contributed by atoms with van der Waals surface area (Å²) in [5.74, 6) is -0.153. The molecule has 0 saturated carbocycles. The molecule has 1 aliphatic rings. The summed E-state index contributed by atoms with van der Waals surface area (Å²) in [6.07, 6.45) is 1.08. The van der Waals surface area contributed by atoms with Crippen LogP contribution in [-0.4, -0.2) is 49.7 Å². The molecule has 0 bridgehead atoms. The summed E-state index contributed by atoms with van der Waals surface area (Å²) in [6, 6.07) is 0. The Morgan fingerprint density at radius 1 is 1.36 bits per heavy atom. The van der Waals surface area contributed by atoms with Crippen LogP contribution in [0.2, 0.25) is 0 Å². The maximum Gasteiger partial charge on any atom is 0.325 e. The number of carbonyl (C=O) groups excluding carboxylic acids is 1. The molecule has 1 rings (SSSR count). The van der Waals surface area contributed by atoms with Crippen LogP contribution < -0.4 is 5.32 Å². The molecule has 0 amide bonds. The van der Waals surface area contributed by atoms with E-state index < -0.39 is 5.54 Å². The number of nitrogens with one attached hydrogen (secondary N) is 1. The van der Waals surface area contributed by atoms with Crippen molar-refractivity contribution in [3.63, 3.8) is 0 Å². The van der Waals surface area contributed by atoms with E-state index in [1.54, 1.807) is 0 Å². The van der Waals surface area contributed by atoms with E-state index in [0.717, 1.165) is 32.6 Å². The number of esters is 1. The first-order valence-electron chi connectivity index (χ1n) is 5.13. The zero-order valence-corrected chi connectivity index (χ0v) is 9.30. The fourth-order valence-corrected chi connectivity index (χ4v) is 1.78. The van der Waals surface area contributed by atoms with Gasteiger partial charge in [0.05, 0.1) is 7.11 Å². The fourth-order valence-electron chi connectivity index (χ4n) is 1.78. The second kappa shape index (κ2) is 4.75. The molecule has 4 heteroatoms. The van der Waals surface area contributed by atoms with E-state index in [1.165, 1.54) is 7.11 Å². The van der Waals surface area contributed by atoms with E-state index in [-0.39, 0.29) is 5.97 Å². The minimum atomic E-state index is -0.499. The predicted molar refractivity (Wildman–Crippen MR) is 55.2 cm³/mol. The summed E-state index contributed by atoms with van der Waals surface area (Å²) in [5.41, 5.74) is -0.499. The summed E-state index contributed by atoms with van der Waals surface area (Å²) in [4.78, 5) is 13.7. The number of hydrogen-bond acceptors (Lipinski definition) is 4. The molecule has 14 heavy (non-hydrogen) atoms. The normalized spacial score (nSPS) is 20.2. The first-order chi connectivity index (χ1) is 6.59. The van der Waals surface area contributed by atoms with Gasteiger partial charge in [0.25, 0.3) is 0 Å². The Kier molecular flexibility index (Phi) is 3.89. The molecular weight excluding hydrogens is 180 g/mol. The molecule has 4 nitrogen and oxygen atoms in total. The molecule has 0 spiro atoms. The van der Waals surface area contributed by atoms with Gasteiger partial charge >= 0.3 is 5.97 Å². The van der Waals surface area contributed by atoms with Gasteiger partial charge in [0, 0.05) is 19.6 Å². The van der Waals surface area contributed by atoms with Crippen molar-refractivity contribution in [1.29, 1.82) is 0 Å². The molecule has 0 atom stereocenters. The highest BCUT2D eigenvalue weighted by Gasteiger charge is 2.35. The molecular formula is C10H20N2O2. The van der Waals surface area contributed by atoms with Gasteiger partial charge in [-0.25, -0.2) is 0 Å². The van der Waals surface area contributed by atoms with Gasteiger partial charge in [0.2, 0.25) is 0 Å². The Balaban J connectivity index is 2.63. The van der Waals surface area contributed by atoms with E-state index >= 15 is 0 Å². The molecule has 1 N–H and O–H groups in total. The van der Waals surface area contributed by atoms with Gasteiger partial charge in [0.15, 0.2) is 0 Å². The molecule has 1 saturated heterocycles. The molecule has 0 aliphatic carbocycles. The van der Waals surface area contributed by atoms with Gasteiger partial charge in [-0.15, -0.1) is 0 Å². The lowest BCUT2D eigenvalue weighted by Gasteiger charge is -2.34. The summed E-state index contributed by atoms with van der Waals surface area (Å²) >= 11 is 0. The zero-order chi connectivity index (χ0) is 10.6. The van der Waals surface area contributed by atoms with Crippen LogP contribution in [0.4, 0.5) is 0 Å². The maximum absolute atomic E-state index is 11.6. The van der Waals surface area contributed by atoms with Crippen LogP contribution in [0.25, 0.3) is 0 Å². The number of nitrogens with zero attached hydrogens (tertiary/aromatic N) is 1. The van der Waals surface area contributed by atoms with Crippen LogP contribution in [-0.2, 0) is 9.53 Å². The molecule has 0 aromatic rings. The third-order valence-electron chi connectivity index (χ3n) is 2.82. The van der Waals surface area contributed by atoms with E-state index in [4.69, 9.17) is 4.74 Å². The molecule has 0 aromatic carbocycles. The Hall–Kier alpha value is -0.610. The quantitative estimate of drug-likeness (QED) is 0.648. The highest BCUT2D eigenvalue weighted by molar-refractivity contribution is 5.79. The summed E-state index contributed by atoms with van der Waals surface area (Å²) < 4.78 is 4.81. The highest BCUT2D eigenvalue weighted by Crippen LogP contribution is 2.16. The first-order valence-corrected chi connectivity index (χ1v) is 5.13. The summed E-state index contributed by atoms with van der Waals surface area (Å²) in [5, 5.41) is 3.31. The molecule has 0 aromatic heterocycles. The zero-order valence-electron chi connectivity index (χ0n) is 9.30. The lowest BCUT2D eigenvalue weighted by atomic mass is 10.0. The van der Waals surface area contributed by atoms with Crippen LogP contribution in [0.1, 0.15) is 20.3 Å². The second-order valence-electron chi connectivity index (χ2n) is 4.14. The standard InChI is InChI=1S/C10H20N2O2/c1-10(2,9(13)14-3)12-7-4-5-11-6-8-12/h11H,4-8H2,1-3H3. The van der Waals surface area contributed by atoms with E-state index in [2.05, 4.69) is 10.2 Å². The SMILES string of the molecule is COC(=O)C(C)(C)N1CCCNCC1. The fraction of sp³-hybridized carbons (Fsp3) is 0.900. The number of rotatable bonds is 2. The van der Waals surface area contributed by atoms with Gasteiger partial charge < -0.3 is 10.1 Å². The largest absolute Gasteiger partial charge is 0.468 e. The second-order valence-corrected chi connectivity index (χ2v) is 4.14. The van der Waals surface area contributed by atoms with E-state index in [0.29, 0.717) is 0 Å². The minimum absolute atomic E-state index is 0.153. The summed E-state index contributed by atoms with van der Waals surface area (Å²) in [6.45, 7) is 7.68. The van der Waals surface area contributed by atoms with Crippen molar-refractivity contribution in [2.24, 2.45) is 0 Å². The van der Waals surface area contributed by atoms with E-state index in [1.807, 2.05) is 13.8 Å². The van der Waals surface area contributed by atoms with Crippen molar-refractivity contribution in [1.82, 2.24) is 10.2 Å². The van der Waals surface area contributed by atoms with Gasteiger partial charge in [-0.3, -0.25) is 9.69 Å². The average molecular weight is 200 g/mol. The van der Waals surface area contributed by atoms with Crippen molar-refractivity contribution >= 4 is 5.97 Å². The van der Waals surface area contributed by atoms with Gasteiger partial charge in [-0.1, -0.05) is 0 Å². The van der Waals surface area contributed by atoms with E-state index in [9.17, 15) is 4.79 Å². The molecule has 82 valence electrons. The molecule has 1 fully saturated rings. The lowest BCUT2D eigenvalue weighted by Crippen LogP contribution is -2.51. The topological polar surface area (TPSA) is 41.6 Å². The van der Waals surface area contributed by atoms with Crippen LogP contribution in [0.3, 0.4) is 0 Å². The minimum Gasteiger partial charge on any atom is -0.468 e. The van der Waals surface area contributed by atoms with Crippen molar-refractivity contribution in [2.75, 3.05) is 33.3 Å². The van der Waals surface area contributed by atoms with Crippen molar-refractivity contribution < 1.29 is 9.53 Å². The van der Waals surface area contributed by atoms with Crippen LogP contribution >= 0.6 is 0 Å². The Morgan fingerprint density at radius 2 is 2.07 bits per heavy atom. The van der Waals surface area contributed by atoms with Crippen LogP contribution in [0, 0.1) is 0 Å². The maximum atomic E-state index is 11.6. The van der Waals surface area contributed by atoms with Gasteiger partial charge in [-0.2, -0.15) is 0 Å². The Morgan fingerprint density at radius 3 is 2.71 bits per heavy atom. The summed E-state index contributed by atoms with van der Waals surface area (Å²) in [7, 11) is 1.44. The van der Waals surface area contributed by atoms with Crippen molar-refractivity contribution in [3.05, 3.63) is 0 Å². The highest BCUT2D eigenvalue weighted by atomic mass is 16.5. The Labute approximate surface area is 85.6 Å². The number of ether oxygens (including phenoxy) is 1. The first kappa shape index (κ1) is 11.5. The lowest BCUT2D eigenvalue weighted by molar-refractivity contribution is -0.153. The number of hydrogen-bond donors (Lipinski definition) is 1. The van der Waals surface area contributed by atoms with Crippen molar-refractivity contribution in [3.8, 4) is 0 Å². The average Bonchev–Trinajstić information content (AvgIpc) is 2.44. The van der Waals surface area contributed by atoms with Crippen molar-refractivity contribution in [2.45, 2.75) is 25.8 Å². The Bertz CT molecular complexity index is 196. The van der Waals surface area contributed by atoms with Crippen LogP contribution in [0.15, 0.2) is 0 Å². The number of carbonyl (C=O) groups is 1. The monoisotopic (exact) mass is 200 g/mol. The smallest absolute Gasteiger partial charge is 0.325 e. The molecule has 0 unspecified atom stereocenters. The molecule has 1 aliphatic heterocycles. The van der Waals surface area contributed by atoms with Gasteiger partial charge in [0.1, 0.15) is 5.54 Å². The third-order valence-corrected chi connectivity index (χ3v) is 2.82. The van der Waals surface area contributed by atoms with Gasteiger partial charge in [-0.05, 0) is 26.8 Å². The predicted octanol–water partition coefficient (Wildman–Crippen LogP) is 0.233. The number of methoxy groups -OCH3 is 1. The molecule has 1 heterocycles.